The smallest absolute Gasteiger partial charge is 0.119 e. The predicted molar refractivity (Wildman–Crippen MR) is 84.7 cm³/mol. The van der Waals surface area contributed by atoms with Crippen molar-refractivity contribution < 1.29 is 4.74 Å². The van der Waals surface area contributed by atoms with Gasteiger partial charge in [0.2, 0.25) is 0 Å². The molecule has 0 aromatic heterocycles. The fourth-order valence-corrected chi connectivity index (χ4v) is 2.40. The average molecular weight is 310 g/mol. The van der Waals surface area contributed by atoms with Crippen molar-refractivity contribution in [2.75, 3.05) is 6.61 Å². The number of nitrogens with two attached hydrogens (primary N) is 1. The van der Waals surface area contributed by atoms with E-state index in [-0.39, 0.29) is 6.04 Å². The maximum Gasteiger partial charge on any atom is 0.119 e. The zero-order valence-electron chi connectivity index (χ0n) is 11.3. The van der Waals surface area contributed by atoms with E-state index in [2.05, 4.69) is 0 Å². The Kier molecular flexibility index (Phi) is 5.30. The van der Waals surface area contributed by atoms with Crippen molar-refractivity contribution in [1.82, 2.24) is 0 Å². The molecule has 0 aliphatic rings. The fourth-order valence-electron chi connectivity index (χ4n) is 1.96. The molecule has 1 atom stereocenters. The van der Waals surface area contributed by atoms with E-state index in [0.717, 1.165) is 11.3 Å². The molecule has 2 nitrogen and oxygen atoms in total. The van der Waals surface area contributed by atoms with Gasteiger partial charge in [0, 0.05) is 22.5 Å². The van der Waals surface area contributed by atoms with E-state index < -0.39 is 0 Å². The summed E-state index contributed by atoms with van der Waals surface area (Å²) in [5.74, 6) is 0.856. The van der Waals surface area contributed by atoms with Crippen LogP contribution in [0.4, 0.5) is 0 Å². The van der Waals surface area contributed by atoms with E-state index in [1.807, 2.05) is 31.2 Å². The minimum Gasteiger partial charge on any atom is -0.494 e. The fraction of sp³-hybridized carbons (Fsp3) is 0.250. The van der Waals surface area contributed by atoms with Gasteiger partial charge in [-0.2, -0.15) is 0 Å². The van der Waals surface area contributed by atoms with Gasteiger partial charge in [-0.25, -0.2) is 0 Å². The number of aryl methyl sites for hydroxylation is 1. The maximum absolute atomic E-state index is 6.14. The Labute approximate surface area is 129 Å². The molecule has 20 heavy (non-hydrogen) atoms. The van der Waals surface area contributed by atoms with E-state index in [1.54, 1.807) is 18.2 Å². The van der Waals surface area contributed by atoms with Crippen molar-refractivity contribution in [3.8, 4) is 5.75 Å². The highest BCUT2D eigenvalue weighted by atomic mass is 35.5. The number of hydrogen-bond donors (Lipinski definition) is 1. The third-order valence-electron chi connectivity index (χ3n) is 3.04. The Morgan fingerprint density at radius 1 is 1.15 bits per heavy atom. The third-order valence-corrected chi connectivity index (χ3v) is 3.62. The Bertz CT molecular complexity index is 586. The zero-order chi connectivity index (χ0) is 14.5. The SMILES string of the molecule is Cc1cccc(OCCC(N)c2cc(Cl)ccc2Cl)c1. The first-order chi connectivity index (χ1) is 9.56. The van der Waals surface area contributed by atoms with E-state index in [9.17, 15) is 0 Å². The van der Waals surface area contributed by atoms with Crippen LogP contribution in [0.3, 0.4) is 0 Å². The standard InChI is InChI=1S/C16H17Cl2NO/c1-11-3-2-4-13(9-11)20-8-7-16(19)14-10-12(17)5-6-15(14)18/h2-6,9-10,16H,7-8,19H2,1H3. The van der Waals surface area contributed by atoms with Crippen molar-refractivity contribution in [3.63, 3.8) is 0 Å². The predicted octanol–water partition coefficient (Wildman–Crippen LogP) is 4.77. The topological polar surface area (TPSA) is 35.2 Å². The molecule has 2 aromatic carbocycles. The first kappa shape index (κ1) is 15.2. The Morgan fingerprint density at radius 2 is 1.95 bits per heavy atom. The van der Waals surface area contributed by atoms with Crippen molar-refractivity contribution in [2.45, 2.75) is 19.4 Å². The lowest BCUT2D eigenvalue weighted by molar-refractivity contribution is 0.298. The molecule has 0 aliphatic carbocycles. The van der Waals surface area contributed by atoms with Gasteiger partial charge in [0.25, 0.3) is 0 Å². The Balaban J connectivity index is 1.92. The normalized spacial score (nSPS) is 12.2. The second-order valence-electron chi connectivity index (χ2n) is 4.73. The Morgan fingerprint density at radius 3 is 2.70 bits per heavy atom. The highest BCUT2D eigenvalue weighted by Gasteiger charge is 2.11. The van der Waals surface area contributed by atoms with Gasteiger partial charge in [-0.1, -0.05) is 35.3 Å². The molecule has 0 aliphatic heterocycles. The summed E-state index contributed by atoms with van der Waals surface area (Å²) in [4.78, 5) is 0. The zero-order valence-corrected chi connectivity index (χ0v) is 12.8. The van der Waals surface area contributed by atoms with Crippen LogP contribution in [0.1, 0.15) is 23.6 Å². The first-order valence-electron chi connectivity index (χ1n) is 6.46. The molecule has 0 saturated heterocycles. The molecule has 0 radical (unpaired) electrons. The van der Waals surface area contributed by atoms with E-state index in [0.29, 0.717) is 23.1 Å². The van der Waals surface area contributed by atoms with Gasteiger partial charge in [-0.3, -0.25) is 0 Å². The molecule has 106 valence electrons. The summed E-state index contributed by atoms with van der Waals surface area (Å²) >= 11 is 12.1. The molecular formula is C16H17Cl2NO. The van der Waals surface area contributed by atoms with Gasteiger partial charge < -0.3 is 10.5 Å². The number of hydrogen-bond acceptors (Lipinski definition) is 2. The van der Waals surface area contributed by atoms with Gasteiger partial charge in [0.15, 0.2) is 0 Å². The number of benzene rings is 2. The van der Waals surface area contributed by atoms with Crippen LogP contribution >= 0.6 is 23.2 Å². The molecule has 0 spiro atoms. The van der Waals surface area contributed by atoms with Crippen molar-refractivity contribution in [3.05, 3.63) is 63.6 Å². The molecule has 2 N–H and O–H groups in total. The maximum atomic E-state index is 6.14. The monoisotopic (exact) mass is 309 g/mol. The molecular weight excluding hydrogens is 293 g/mol. The minimum absolute atomic E-state index is 0.189. The van der Waals surface area contributed by atoms with Crippen LogP contribution in [-0.4, -0.2) is 6.61 Å². The Hall–Kier alpha value is -1.22. The van der Waals surface area contributed by atoms with E-state index >= 15 is 0 Å². The van der Waals surface area contributed by atoms with E-state index in [4.69, 9.17) is 33.7 Å². The van der Waals surface area contributed by atoms with Gasteiger partial charge >= 0.3 is 0 Å². The molecule has 0 amide bonds. The van der Waals surface area contributed by atoms with Gasteiger partial charge in [-0.05, 0) is 48.4 Å². The first-order valence-corrected chi connectivity index (χ1v) is 7.22. The van der Waals surface area contributed by atoms with Crippen LogP contribution in [0.25, 0.3) is 0 Å². The van der Waals surface area contributed by atoms with Crippen molar-refractivity contribution in [1.29, 1.82) is 0 Å². The highest BCUT2D eigenvalue weighted by molar-refractivity contribution is 6.33. The van der Waals surface area contributed by atoms with E-state index in [1.165, 1.54) is 5.56 Å². The second-order valence-corrected chi connectivity index (χ2v) is 5.57. The summed E-state index contributed by atoms with van der Waals surface area (Å²) in [6.45, 7) is 2.57. The summed E-state index contributed by atoms with van der Waals surface area (Å²) < 4.78 is 5.69. The molecule has 2 aromatic rings. The number of ether oxygens (including phenoxy) is 1. The summed E-state index contributed by atoms with van der Waals surface area (Å²) in [5, 5.41) is 1.27. The molecule has 0 bridgehead atoms. The van der Waals surface area contributed by atoms with Gasteiger partial charge in [-0.15, -0.1) is 0 Å². The quantitative estimate of drug-likeness (QED) is 0.863. The third kappa shape index (κ3) is 4.14. The summed E-state index contributed by atoms with van der Waals surface area (Å²) in [6.07, 6.45) is 0.675. The van der Waals surface area contributed by atoms with Crippen LogP contribution in [0.5, 0.6) is 5.75 Å². The molecule has 1 unspecified atom stereocenters. The largest absolute Gasteiger partial charge is 0.494 e. The molecule has 2 rings (SSSR count). The molecule has 0 saturated carbocycles. The lowest BCUT2D eigenvalue weighted by atomic mass is 10.1. The van der Waals surface area contributed by atoms with Crippen molar-refractivity contribution >= 4 is 23.2 Å². The molecule has 0 fully saturated rings. The minimum atomic E-state index is -0.189. The second kappa shape index (κ2) is 6.98. The number of rotatable bonds is 5. The molecule has 4 heteroatoms. The lowest BCUT2D eigenvalue weighted by Crippen LogP contribution is -2.14. The summed E-state index contributed by atoms with van der Waals surface area (Å²) in [5.41, 5.74) is 8.16. The van der Waals surface area contributed by atoms with Crippen LogP contribution in [0.2, 0.25) is 10.0 Å². The molecule has 0 heterocycles. The van der Waals surface area contributed by atoms with Gasteiger partial charge in [0.05, 0.1) is 6.61 Å². The van der Waals surface area contributed by atoms with Crippen LogP contribution in [0, 0.1) is 6.92 Å². The average Bonchev–Trinajstić information content (AvgIpc) is 2.41. The van der Waals surface area contributed by atoms with Crippen LogP contribution < -0.4 is 10.5 Å². The van der Waals surface area contributed by atoms with Crippen molar-refractivity contribution in [2.24, 2.45) is 5.73 Å². The summed E-state index contributed by atoms with van der Waals surface area (Å²) in [6, 6.07) is 13.1. The summed E-state index contributed by atoms with van der Waals surface area (Å²) in [7, 11) is 0. The van der Waals surface area contributed by atoms with Gasteiger partial charge in [0.1, 0.15) is 5.75 Å². The van der Waals surface area contributed by atoms with Crippen LogP contribution in [0.15, 0.2) is 42.5 Å². The highest BCUT2D eigenvalue weighted by Crippen LogP contribution is 2.27. The lowest BCUT2D eigenvalue weighted by Gasteiger charge is -2.15. The number of halogens is 2. The van der Waals surface area contributed by atoms with Crippen LogP contribution in [-0.2, 0) is 0 Å².